The van der Waals surface area contributed by atoms with E-state index in [2.05, 4.69) is 15.0 Å². The Morgan fingerprint density at radius 2 is 1.94 bits per heavy atom. The largest absolute Gasteiger partial charge is 0.493 e. The van der Waals surface area contributed by atoms with Crippen LogP contribution in [0.3, 0.4) is 0 Å². The number of hydrogen-bond acceptors (Lipinski definition) is 10. The zero-order chi connectivity index (χ0) is 23.0. The van der Waals surface area contributed by atoms with Crippen molar-refractivity contribution in [3.05, 3.63) is 36.4 Å². The third-order valence-electron chi connectivity index (χ3n) is 5.39. The van der Waals surface area contributed by atoms with Crippen LogP contribution >= 0.6 is 0 Å². The molecule has 1 fully saturated rings. The fraction of sp³-hybridized carbons (Fsp3) is 0.400. The number of nitrogens with two attached hydrogens (primary N) is 1. The number of hydrogen-bond donors (Lipinski definition) is 3. The number of amides is 1. The van der Waals surface area contributed by atoms with Gasteiger partial charge in [-0.15, -0.1) is 0 Å². The summed E-state index contributed by atoms with van der Waals surface area (Å²) in [5.74, 6) is 0.783. The molecule has 12 nitrogen and oxygen atoms in total. The second kappa shape index (κ2) is 8.57. The normalized spacial score (nSPS) is 22.8. The molecule has 0 spiro atoms. The van der Waals surface area contributed by atoms with Crippen LogP contribution in [0.25, 0.3) is 11.2 Å². The third-order valence-corrected chi connectivity index (χ3v) is 5.39. The van der Waals surface area contributed by atoms with Crippen molar-refractivity contribution in [3.63, 3.8) is 0 Å². The summed E-state index contributed by atoms with van der Waals surface area (Å²) in [5.41, 5.74) is 7.24. The highest BCUT2D eigenvalue weighted by Crippen LogP contribution is 2.33. The van der Waals surface area contributed by atoms with Crippen molar-refractivity contribution in [2.45, 2.75) is 31.1 Å². The summed E-state index contributed by atoms with van der Waals surface area (Å²) in [6, 6.07) is 5.30. The predicted octanol–water partition coefficient (Wildman–Crippen LogP) is -0.296. The maximum atomic E-state index is 13.0. The van der Waals surface area contributed by atoms with Gasteiger partial charge in [-0.3, -0.25) is 9.36 Å². The Hall–Kier alpha value is -3.48. The van der Waals surface area contributed by atoms with Crippen molar-refractivity contribution in [1.82, 2.24) is 24.4 Å². The summed E-state index contributed by atoms with van der Waals surface area (Å²) >= 11 is 0. The minimum atomic E-state index is -1.45. The highest BCUT2D eigenvalue weighted by atomic mass is 16.6. The van der Waals surface area contributed by atoms with Gasteiger partial charge in [0.15, 0.2) is 35.3 Å². The van der Waals surface area contributed by atoms with Crippen molar-refractivity contribution < 1.29 is 29.2 Å². The Morgan fingerprint density at radius 1 is 1.19 bits per heavy atom. The lowest BCUT2D eigenvalue weighted by molar-refractivity contribution is -0.147. The molecule has 2 aromatic heterocycles. The number of aliphatic hydroxyl groups is 2. The van der Waals surface area contributed by atoms with E-state index < -0.39 is 30.4 Å². The molecule has 0 radical (unpaired) electrons. The highest BCUT2D eigenvalue weighted by Gasteiger charge is 2.48. The van der Waals surface area contributed by atoms with Crippen LogP contribution in [0, 0.1) is 0 Å². The Labute approximate surface area is 183 Å². The smallest absolute Gasteiger partial charge is 0.254 e. The molecule has 3 heterocycles. The first-order chi connectivity index (χ1) is 15.3. The molecule has 12 heteroatoms. The number of aromatic nitrogens is 4. The minimum absolute atomic E-state index is 0.170. The molecule has 1 amide bonds. The molecule has 4 rings (SSSR count). The summed E-state index contributed by atoms with van der Waals surface area (Å²) in [5, 5.41) is 21.1. The van der Waals surface area contributed by atoms with E-state index in [1.807, 2.05) is 0 Å². The Morgan fingerprint density at radius 3 is 2.66 bits per heavy atom. The lowest BCUT2D eigenvalue weighted by atomic mass is 10.1. The topological polar surface area (TPSA) is 158 Å². The fourth-order valence-corrected chi connectivity index (χ4v) is 3.70. The number of anilines is 1. The molecule has 32 heavy (non-hydrogen) atoms. The van der Waals surface area contributed by atoms with Gasteiger partial charge < -0.3 is 35.1 Å². The van der Waals surface area contributed by atoms with Gasteiger partial charge in [0.2, 0.25) is 0 Å². The van der Waals surface area contributed by atoms with Crippen molar-refractivity contribution in [2.24, 2.45) is 0 Å². The Bertz CT molecular complexity index is 1140. The van der Waals surface area contributed by atoms with Crippen LogP contribution in [0.4, 0.5) is 5.82 Å². The Balaban J connectivity index is 1.52. The summed E-state index contributed by atoms with van der Waals surface area (Å²) in [7, 11) is 4.64. The van der Waals surface area contributed by atoms with Crippen LogP contribution in [-0.2, 0) is 16.1 Å². The van der Waals surface area contributed by atoms with Crippen LogP contribution in [0.1, 0.15) is 11.8 Å². The summed E-state index contributed by atoms with van der Waals surface area (Å²) < 4.78 is 17.7. The number of methoxy groups -OCH3 is 2. The molecule has 4 N–H and O–H groups in total. The first kappa shape index (κ1) is 21.7. The molecule has 1 saturated heterocycles. The quantitative estimate of drug-likeness (QED) is 0.461. The van der Waals surface area contributed by atoms with Crippen LogP contribution < -0.4 is 15.2 Å². The first-order valence-corrected chi connectivity index (χ1v) is 9.76. The van der Waals surface area contributed by atoms with Crippen LogP contribution in [-0.4, -0.2) is 80.1 Å². The maximum Gasteiger partial charge on any atom is 0.254 e. The number of fused-ring (bicyclic) bond motifs is 1. The molecule has 1 aliphatic rings. The monoisotopic (exact) mass is 444 g/mol. The number of imidazole rings is 1. The number of aliphatic hydroxyl groups excluding tert-OH is 2. The average Bonchev–Trinajstić information content (AvgIpc) is 3.35. The highest BCUT2D eigenvalue weighted by molar-refractivity contribution is 5.82. The van der Waals surface area contributed by atoms with Gasteiger partial charge >= 0.3 is 0 Å². The zero-order valence-electron chi connectivity index (χ0n) is 17.7. The summed E-state index contributed by atoms with van der Waals surface area (Å²) in [6.07, 6.45) is -2.56. The van der Waals surface area contributed by atoms with Crippen molar-refractivity contribution in [1.29, 1.82) is 0 Å². The van der Waals surface area contributed by atoms with Crippen molar-refractivity contribution in [3.8, 4) is 11.5 Å². The molecular formula is C20H24N6O6. The van der Waals surface area contributed by atoms with E-state index in [0.717, 1.165) is 5.56 Å². The number of likely N-dealkylation sites (N-methyl/N-ethyl adjacent to an activating group) is 1. The third kappa shape index (κ3) is 3.68. The minimum Gasteiger partial charge on any atom is -0.493 e. The van der Waals surface area contributed by atoms with E-state index in [1.54, 1.807) is 25.2 Å². The SMILES string of the molecule is COc1ccc(CN(C)C(=O)[C@H]2O[C@@H](n3cnc4c(N)ncnc43)[C@H](O)[C@@H]2O)cc1OC. The van der Waals surface area contributed by atoms with Crippen molar-refractivity contribution in [2.75, 3.05) is 27.0 Å². The van der Waals surface area contributed by atoms with Gasteiger partial charge in [0.25, 0.3) is 5.91 Å². The van der Waals surface area contributed by atoms with E-state index in [4.69, 9.17) is 19.9 Å². The van der Waals surface area contributed by atoms with E-state index in [1.165, 1.54) is 36.3 Å². The van der Waals surface area contributed by atoms with Gasteiger partial charge in [-0.1, -0.05) is 6.07 Å². The number of benzene rings is 1. The standard InChI is InChI=1S/C20H24N6O6/c1-25(7-10-4-5-11(30-2)12(6-10)31-3)19(29)16-14(27)15(28)20(32-16)26-9-24-13-17(21)22-8-23-18(13)26/h4-6,8-9,14-16,20,27-28H,7H2,1-3H3,(H2,21,22,23)/t14-,15+,16-,20+/m0/s1. The second-order valence-electron chi connectivity index (χ2n) is 7.40. The molecule has 0 saturated carbocycles. The molecule has 0 aliphatic carbocycles. The van der Waals surface area contributed by atoms with E-state index in [9.17, 15) is 15.0 Å². The fourth-order valence-electron chi connectivity index (χ4n) is 3.70. The molecule has 4 atom stereocenters. The predicted molar refractivity (Wildman–Crippen MR) is 112 cm³/mol. The number of nitrogens with zero attached hydrogens (tertiary/aromatic N) is 5. The number of carbonyl (C=O) groups excluding carboxylic acids is 1. The number of carbonyl (C=O) groups is 1. The molecule has 0 bridgehead atoms. The van der Waals surface area contributed by atoms with Gasteiger partial charge in [-0.25, -0.2) is 15.0 Å². The van der Waals surface area contributed by atoms with Crippen molar-refractivity contribution >= 4 is 22.9 Å². The molecule has 0 unspecified atom stereocenters. The first-order valence-electron chi connectivity index (χ1n) is 9.76. The molecule has 170 valence electrons. The molecule has 1 aromatic carbocycles. The van der Waals surface area contributed by atoms with Gasteiger partial charge in [-0.2, -0.15) is 0 Å². The van der Waals surface area contributed by atoms with E-state index in [-0.39, 0.29) is 12.4 Å². The Kier molecular flexibility index (Phi) is 5.82. The molecule has 3 aromatic rings. The maximum absolute atomic E-state index is 13.0. The van der Waals surface area contributed by atoms with E-state index in [0.29, 0.717) is 22.7 Å². The number of ether oxygens (including phenoxy) is 3. The molecule has 1 aliphatic heterocycles. The van der Waals surface area contributed by atoms with Gasteiger partial charge in [0.1, 0.15) is 24.1 Å². The number of rotatable bonds is 6. The van der Waals surface area contributed by atoms with Crippen LogP contribution in [0.15, 0.2) is 30.9 Å². The number of nitrogen functional groups attached to an aromatic ring is 1. The second-order valence-corrected chi connectivity index (χ2v) is 7.40. The summed E-state index contributed by atoms with van der Waals surface area (Å²) in [6.45, 7) is 0.226. The lowest BCUT2D eigenvalue weighted by Crippen LogP contribution is -2.43. The van der Waals surface area contributed by atoms with Gasteiger partial charge in [-0.05, 0) is 17.7 Å². The average molecular weight is 444 g/mol. The lowest BCUT2D eigenvalue weighted by Gasteiger charge is -2.23. The summed E-state index contributed by atoms with van der Waals surface area (Å²) in [4.78, 5) is 26.5. The van der Waals surface area contributed by atoms with Crippen LogP contribution in [0.5, 0.6) is 11.5 Å². The zero-order valence-corrected chi connectivity index (χ0v) is 17.7. The van der Waals surface area contributed by atoms with Gasteiger partial charge in [0.05, 0.1) is 20.5 Å². The van der Waals surface area contributed by atoms with Gasteiger partial charge in [0, 0.05) is 13.6 Å². The molecular weight excluding hydrogens is 420 g/mol. The van der Waals surface area contributed by atoms with Crippen LogP contribution in [0.2, 0.25) is 0 Å². The van der Waals surface area contributed by atoms with E-state index >= 15 is 0 Å².